The number of carbonyl (C=O) groups is 2. The number of esters is 1. The van der Waals surface area contributed by atoms with Crippen LogP contribution in [-0.2, 0) is 19.0 Å². The number of benzene rings is 1. The Labute approximate surface area is 122 Å². The summed E-state index contributed by atoms with van der Waals surface area (Å²) in [5.74, 6) is -1.03. The summed E-state index contributed by atoms with van der Waals surface area (Å²) < 4.78 is 21.0. The molecule has 6 nitrogen and oxygen atoms in total. The molecule has 0 saturated carbocycles. The van der Waals surface area contributed by atoms with Crippen LogP contribution in [0.2, 0.25) is 0 Å². The quantitative estimate of drug-likeness (QED) is 0.469. The zero-order chi connectivity index (χ0) is 15.2. The van der Waals surface area contributed by atoms with Crippen LogP contribution in [0.15, 0.2) is 18.2 Å². The summed E-state index contributed by atoms with van der Waals surface area (Å²) in [5.41, 5.74) is 0.814. The summed E-state index contributed by atoms with van der Waals surface area (Å²) in [7, 11) is 1.52. The molecule has 2 rings (SSSR count). The molecule has 0 spiro atoms. The number of carbonyl (C=O) groups excluding carboxylic acids is 2. The molecule has 1 heterocycles. The third-order valence-electron chi connectivity index (χ3n) is 3.03. The van der Waals surface area contributed by atoms with Crippen LogP contribution < -0.4 is 4.74 Å². The van der Waals surface area contributed by atoms with E-state index >= 15 is 0 Å². The van der Waals surface area contributed by atoms with Gasteiger partial charge >= 0.3 is 5.97 Å². The van der Waals surface area contributed by atoms with Gasteiger partial charge in [-0.3, -0.25) is 4.79 Å². The molecule has 114 valence electrons. The average molecular weight is 294 g/mol. The molecule has 0 aromatic heterocycles. The van der Waals surface area contributed by atoms with Crippen LogP contribution in [0.4, 0.5) is 0 Å². The van der Waals surface area contributed by atoms with Crippen molar-refractivity contribution < 1.29 is 28.5 Å². The molecule has 0 atom stereocenters. The average Bonchev–Trinajstić information content (AvgIpc) is 2.54. The maximum absolute atomic E-state index is 12.0. The number of ketones is 1. The summed E-state index contributed by atoms with van der Waals surface area (Å²) in [5, 5.41) is 0. The first-order chi connectivity index (χ1) is 10.2. The van der Waals surface area contributed by atoms with Crippen molar-refractivity contribution in [3.8, 4) is 5.75 Å². The predicted octanol–water partition coefficient (Wildman–Crippen LogP) is 1.88. The Hall–Kier alpha value is -1.92. The van der Waals surface area contributed by atoms with Gasteiger partial charge in [0.25, 0.3) is 5.78 Å². The molecule has 0 radical (unpaired) electrons. The van der Waals surface area contributed by atoms with Crippen molar-refractivity contribution in [3.05, 3.63) is 29.3 Å². The number of hydrogen-bond acceptors (Lipinski definition) is 6. The third kappa shape index (κ3) is 3.59. The summed E-state index contributed by atoms with van der Waals surface area (Å²) in [6.45, 7) is 2.95. The highest BCUT2D eigenvalue weighted by Crippen LogP contribution is 2.31. The first-order valence-electron chi connectivity index (χ1n) is 6.80. The van der Waals surface area contributed by atoms with Gasteiger partial charge in [0.1, 0.15) is 5.75 Å². The summed E-state index contributed by atoms with van der Waals surface area (Å²) >= 11 is 0. The second kappa shape index (κ2) is 7.19. The lowest BCUT2D eigenvalue weighted by Crippen LogP contribution is -2.20. The second-order valence-corrected chi connectivity index (χ2v) is 4.43. The van der Waals surface area contributed by atoms with Gasteiger partial charge in [-0.15, -0.1) is 0 Å². The molecule has 1 aliphatic heterocycles. The van der Waals surface area contributed by atoms with E-state index in [-0.39, 0.29) is 12.2 Å². The number of rotatable bonds is 5. The minimum absolute atomic E-state index is 0.155. The van der Waals surface area contributed by atoms with Crippen molar-refractivity contribution in [2.45, 2.75) is 19.6 Å². The topological polar surface area (TPSA) is 71.1 Å². The minimum Gasteiger partial charge on any atom is -0.496 e. The van der Waals surface area contributed by atoms with Gasteiger partial charge in [-0.1, -0.05) is 0 Å². The lowest BCUT2D eigenvalue weighted by molar-refractivity contribution is -0.183. The second-order valence-electron chi connectivity index (χ2n) is 4.43. The SMILES string of the molecule is CCOC(=O)C(=O)c1ccc(OC)c(C2OCCCO2)c1. The Bertz CT molecular complexity index is 519. The maximum atomic E-state index is 12.0. The van der Waals surface area contributed by atoms with Gasteiger partial charge in [0.2, 0.25) is 0 Å². The molecule has 6 heteroatoms. The van der Waals surface area contributed by atoms with Crippen molar-refractivity contribution in [2.75, 3.05) is 26.9 Å². The molecule has 0 aliphatic carbocycles. The molecular weight excluding hydrogens is 276 g/mol. The van der Waals surface area contributed by atoms with Crippen LogP contribution in [0.3, 0.4) is 0 Å². The van der Waals surface area contributed by atoms with E-state index in [4.69, 9.17) is 18.9 Å². The van der Waals surface area contributed by atoms with Crippen LogP contribution in [0.1, 0.15) is 35.6 Å². The number of Topliss-reactive ketones (excluding diaryl/α,β-unsaturated/α-hetero) is 1. The Kier molecular flexibility index (Phi) is 5.30. The van der Waals surface area contributed by atoms with Crippen LogP contribution in [0.5, 0.6) is 5.75 Å². The molecular formula is C15H18O6. The fraction of sp³-hybridized carbons (Fsp3) is 0.467. The molecule has 1 fully saturated rings. The molecule has 1 aromatic rings. The Morgan fingerprint density at radius 1 is 1.29 bits per heavy atom. The van der Waals surface area contributed by atoms with E-state index in [1.807, 2.05) is 0 Å². The molecule has 0 amide bonds. The van der Waals surface area contributed by atoms with E-state index in [0.717, 1.165) is 6.42 Å². The molecule has 1 aromatic carbocycles. The van der Waals surface area contributed by atoms with E-state index < -0.39 is 18.0 Å². The number of methoxy groups -OCH3 is 1. The summed E-state index contributed by atoms with van der Waals surface area (Å²) in [6.07, 6.45) is 0.226. The van der Waals surface area contributed by atoms with Crippen molar-refractivity contribution in [2.24, 2.45) is 0 Å². The third-order valence-corrected chi connectivity index (χ3v) is 3.03. The van der Waals surface area contributed by atoms with Gasteiger partial charge < -0.3 is 18.9 Å². The van der Waals surface area contributed by atoms with Crippen LogP contribution >= 0.6 is 0 Å². The predicted molar refractivity (Wildman–Crippen MR) is 73.2 cm³/mol. The zero-order valence-electron chi connectivity index (χ0n) is 12.1. The van der Waals surface area contributed by atoms with Gasteiger partial charge in [-0.05, 0) is 31.5 Å². The van der Waals surface area contributed by atoms with Crippen molar-refractivity contribution in [1.82, 2.24) is 0 Å². The van der Waals surface area contributed by atoms with E-state index in [0.29, 0.717) is 24.5 Å². The van der Waals surface area contributed by atoms with Gasteiger partial charge in [0.05, 0.1) is 32.5 Å². The Morgan fingerprint density at radius 2 is 2.00 bits per heavy atom. The Balaban J connectivity index is 2.28. The molecule has 0 unspecified atom stereocenters. The summed E-state index contributed by atoms with van der Waals surface area (Å²) in [4.78, 5) is 23.5. The number of hydrogen-bond donors (Lipinski definition) is 0. The van der Waals surface area contributed by atoms with Crippen LogP contribution in [-0.4, -0.2) is 38.7 Å². The molecule has 0 N–H and O–H groups in total. The number of ether oxygens (including phenoxy) is 4. The van der Waals surface area contributed by atoms with Crippen molar-refractivity contribution in [1.29, 1.82) is 0 Å². The van der Waals surface area contributed by atoms with Crippen LogP contribution in [0.25, 0.3) is 0 Å². The standard InChI is InChI=1S/C15H18O6/c1-3-19-14(17)13(16)10-5-6-12(18-2)11(9-10)15-20-7-4-8-21-15/h5-6,9,15H,3-4,7-8H2,1-2H3. The van der Waals surface area contributed by atoms with Crippen molar-refractivity contribution >= 4 is 11.8 Å². The normalized spacial score (nSPS) is 15.5. The lowest BCUT2D eigenvalue weighted by atomic mass is 10.1. The molecule has 0 bridgehead atoms. The van der Waals surface area contributed by atoms with E-state index in [2.05, 4.69) is 0 Å². The van der Waals surface area contributed by atoms with Gasteiger partial charge in [-0.2, -0.15) is 0 Å². The van der Waals surface area contributed by atoms with Gasteiger partial charge in [-0.25, -0.2) is 4.79 Å². The highest BCUT2D eigenvalue weighted by molar-refractivity contribution is 6.40. The first-order valence-corrected chi connectivity index (χ1v) is 6.80. The van der Waals surface area contributed by atoms with Gasteiger partial charge in [0, 0.05) is 5.56 Å². The van der Waals surface area contributed by atoms with E-state index in [1.165, 1.54) is 13.2 Å². The fourth-order valence-corrected chi connectivity index (χ4v) is 2.04. The highest BCUT2D eigenvalue weighted by Gasteiger charge is 2.24. The van der Waals surface area contributed by atoms with Crippen molar-refractivity contribution in [3.63, 3.8) is 0 Å². The first kappa shape index (κ1) is 15.5. The fourth-order valence-electron chi connectivity index (χ4n) is 2.04. The maximum Gasteiger partial charge on any atom is 0.379 e. The largest absolute Gasteiger partial charge is 0.496 e. The summed E-state index contributed by atoms with van der Waals surface area (Å²) in [6, 6.07) is 4.68. The lowest BCUT2D eigenvalue weighted by Gasteiger charge is -2.25. The monoisotopic (exact) mass is 294 g/mol. The zero-order valence-corrected chi connectivity index (χ0v) is 12.1. The highest BCUT2D eigenvalue weighted by atomic mass is 16.7. The minimum atomic E-state index is -0.876. The van der Waals surface area contributed by atoms with E-state index in [9.17, 15) is 9.59 Å². The molecule has 21 heavy (non-hydrogen) atoms. The molecule has 1 aliphatic rings. The Morgan fingerprint density at radius 3 is 2.62 bits per heavy atom. The smallest absolute Gasteiger partial charge is 0.379 e. The van der Waals surface area contributed by atoms with Crippen LogP contribution in [0, 0.1) is 0 Å². The molecule has 1 saturated heterocycles. The van der Waals surface area contributed by atoms with E-state index in [1.54, 1.807) is 19.1 Å². The van der Waals surface area contributed by atoms with Gasteiger partial charge in [0.15, 0.2) is 6.29 Å².